The second-order valence-electron chi connectivity index (χ2n) is 3.53. The van der Waals surface area contributed by atoms with Gasteiger partial charge in [-0.15, -0.1) is 0 Å². The third-order valence-corrected chi connectivity index (χ3v) is 2.25. The average molecular weight is 223 g/mol. The van der Waals surface area contributed by atoms with Crippen LogP contribution in [-0.2, 0) is 11.2 Å². The summed E-state index contributed by atoms with van der Waals surface area (Å²) >= 11 is 0. The molecule has 0 aliphatic carbocycles. The molecule has 2 rings (SSSR count). The van der Waals surface area contributed by atoms with Gasteiger partial charge in [0.2, 0.25) is 0 Å². The van der Waals surface area contributed by atoms with Crippen molar-refractivity contribution >= 4 is 17.0 Å². The summed E-state index contributed by atoms with van der Waals surface area (Å²) in [6, 6.07) is 1.99. The molecule has 2 aromatic heterocycles. The van der Waals surface area contributed by atoms with E-state index >= 15 is 0 Å². The minimum Gasteiger partial charge on any atom is -0.480 e. The van der Waals surface area contributed by atoms with E-state index in [1.807, 2.05) is 0 Å². The number of aliphatic carboxylic acids is 1. The topological polar surface area (TPSA) is 92.0 Å². The van der Waals surface area contributed by atoms with Crippen molar-refractivity contribution < 1.29 is 14.3 Å². The molecule has 0 spiro atoms. The molecule has 0 saturated carbocycles. The monoisotopic (exact) mass is 223 g/mol. The van der Waals surface area contributed by atoms with Gasteiger partial charge in [0.25, 0.3) is 0 Å². The van der Waals surface area contributed by atoms with Gasteiger partial charge in [-0.1, -0.05) is 0 Å². The second-order valence-corrected chi connectivity index (χ2v) is 3.53. The lowest BCUT2D eigenvalue weighted by molar-refractivity contribution is -0.138. The van der Waals surface area contributed by atoms with Gasteiger partial charge in [-0.2, -0.15) is 0 Å². The molecule has 5 nitrogen and oxygen atoms in total. The van der Waals surface area contributed by atoms with Crippen molar-refractivity contribution in [1.82, 2.24) is 9.97 Å². The molecule has 16 heavy (non-hydrogen) atoms. The highest BCUT2D eigenvalue weighted by molar-refractivity contribution is 5.77. The predicted molar refractivity (Wildman–Crippen MR) is 55.4 cm³/mol. The molecule has 1 atom stereocenters. The molecule has 0 aliphatic heterocycles. The molecular formula is C10H10FN3O2. The van der Waals surface area contributed by atoms with Crippen LogP contribution in [0.25, 0.3) is 11.0 Å². The van der Waals surface area contributed by atoms with Crippen molar-refractivity contribution in [3.8, 4) is 0 Å². The van der Waals surface area contributed by atoms with Crippen LogP contribution in [0.5, 0.6) is 0 Å². The number of fused-ring (bicyclic) bond motifs is 1. The minimum absolute atomic E-state index is 0.160. The van der Waals surface area contributed by atoms with Crippen molar-refractivity contribution in [1.29, 1.82) is 0 Å². The van der Waals surface area contributed by atoms with E-state index in [9.17, 15) is 9.18 Å². The highest BCUT2D eigenvalue weighted by Crippen LogP contribution is 2.14. The van der Waals surface area contributed by atoms with Gasteiger partial charge in [0.1, 0.15) is 11.9 Å². The molecule has 0 aromatic carbocycles. The quantitative estimate of drug-likeness (QED) is 0.712. The molecule has 2 aromatic rings. The predicted octanol–water partition coefficient (Wildman–Crippen LogP) is 0.656. The maximum Gasteiger partial charge on any atom is 0.320 e. The van der Waals surface area contributed by atoms with Crippen LogP contribution >= 0.6 is 0 Å². The van der Waals surface area contributed by atoms with Crippen LogP contribution in [0.4, 0.5) is 4.39 Å². The van der Waals surface area contributed by atoms with Crippen LogP contribution in [-0.4, -0.2) is 27.1 Å². The van der Waals surface area contributed by atoms with Crippen molar-refractivity contribution in [2.45, 2.75) is 12.5 Å². The molecule has 0 fully saturated rings. The smallest absolute Gasteiger partial charge is 0.320 e. The summed E-state index contributed by atoms with van der Waals surface area (Å²) < 4.78 is 12.8. The average Bonchev–Trinajstić information content (AvgIpc) is 2.58. The number of carboxylic acids is 1. The van der Waals surface area contributed by atoms with Gasteiger partial charge in [0, 0.05) is 18.2 Å². The number of nitrogens with two attached hydrogens (primary N) is 1. The maximum absolute atomic E-state index is 12.8. The first-order valence-electron chi connectivity index (χ1n) is 4.68. The fourth-order valence-electron chi connectivity index (χ4n) is 1.47. The Morgan fingerprint density at radius 2 is 2.38 bits per heavy atom. The van der Waals surface area contributed by atoms with E-state index in [4.69, 9.17) is 10.8 Å². The van der Waals surface area contributed by atoms with Crippen LogP contribution < -0.4 is 5.73 Å². The van der Waals surface area contributed by atoms with E-state index in [1.54, 1.807) is 6.07 Å². The normalized spacial score (nSPS) is 12.9. The third kappa shape index (κ3) is 2.01. The summed E-state index contributed by atoms with van der Waals surface area (Å²) in [6.07, 6.45) is 1.27. The second kappa shape index (κ2) is 3.90. The Bertz CT molecular complexity index is 538. The lowest BCUT2D eigenvalue weighted by atomic mass is 10.2. The number of aromatic amines is 1. The molecule has 0 saturated heterocycles. The molecular weight excluding hydrogens is 213 g/mol. The van der Waals surface area contributed by atoms with E-state index in [0.717, 1.165) is 6.20 Å². The van der Waals surface area contributed by atoms with E-state index < -0.39 is 17.8 Å². The minimum atomic E-state index is -1.07. The van der Waals surface area contributed by atoms with Gasteiger partial charge in [-0.05, 0) is 6.07 Å². The number of rotatable bonds is 3. The summed E-state index contributed by atoms with van der Waals surface area (Å²) in [4.78, 5) is 17.3. The number of halogens is 1. The zero-order chi connectivity index (χ0) is 11.7. The highest BCUT2D eigenvalue weighted by atomic mass is 19.1. The Labute approximate surface area is 90.1 Å². The van der Waals surface area contributed by atoms with Crippen LogP contribution in [0.15, 0.2) is 18.3 Å². The van der Waals surface area contributed by atoms with Crippen molar-refractivity contribution in [3.05, 3.63) is 29.8 Å². The van der Waals surface area contributed by atoms with Gasteiger partial charge >= 0.3 is 5.97 Å². The lowest BCUT2D eigenvalue weighted by Crippen LogP contribution is -2.32. The van der Waals surface area contributed by atoms with E-state index in [0.29, 0.717) is 16.7 Å². The molecule has 0 radical (unpaired) electrons. The molecule has 1 unspecified atom stereocenters. The maximum atomic E-state index is 12.8. The zero-order valence-electron chi connectivity index (χ0n) is 8.27. The molecule has 4 N–H and O–H groups in total. The summed E-state index contributed by atoms with van der Waals surface area (Å²) in [6.45, 7) is 0. The number of hydrogen-bond donors (Lipinski definition) is 3. The Hall–Kier alpha value is -1.95. The van der Waals surface area contributed by atoms with E-state index in [1.165, 1.54) is 6.07 Å². The number of nitrogens with zero attached hydrogens (tertiary/aromatic N) is 1. The van der Waals surface area contributed by atoms with Crippen molar-refractivity contribution in [2.75, 3.05) is 0 Å². The SMILES string of the molecule is NC(Cc1cc2ncc(F)cc2[nH]1)C(=O)O. The van der Waals surface area contributed by atoms with Gasteiger partial charge in [-0.3, -0.25) is 9.78 Å². The van der Waals surface area contributed by atoms with Crippen LogP contribution in [0, 0.1) is 5.82 Å². The van der Waals surface area contributed by atoms with Crippen LogP contribution in [0.1, 0.15) is 5.69 Å². The Balaban J connectivity index is 2.29. The Morgan fingerprint density at radius 1 is 1.62 bits per heavy atom. The van der Waals surface area contributed by atoms with Crippen LogP contribution in [0.3, 0.4) is 0 Å². The molecule has 2 heterocycles. The highest BCUT2D eigenvalue weighted by Gasteiger charge is 2.13. The number of H-pyrrole nitrogens is 1. The number of nitrogens with one attached hydrogen (secondary N) is 1. The lowest BCUT2D eigenvalue weighted by Gasteiger charge is -2.02. The van der Waals surface area contributed by atoms with E-state index in [2.05, 4.69) is 9.97 Å². The number of carbonyl (C=O) groups is 1. The largest absolute Gasteiger partial charge is 0.480 e. The summed E-state index contributed by atoms with van der Waals surface area (Å²) in [5, 5.41) is 8.65. The fraction of sp³-hybridized carbons (Fsp3) is 0.200. The number of carboxylic acid groups (broad SMARTS) is 1. The number of aromatic nitrogens is 2. The van der Waals surface area contributed by atoms with Gasteiger partial charge in [0.15, 0.2) is 0 Å². The van der Waals surface area contributed by atoms with Crippen molar-refractivity contribution in [3.63, 3.8) is 0 Å². The molecule has 0 aliphatic rings. The number of pyridine rings is 1. The van der Waals surface area contributed by atoms with Gasteiger partial charge in [-0.25, -0.2) is 4.39 Å². The Morgan fingerprint density at radius 3 is 3.06 bits per heavy atom. The third-order valence-electron chi connectivity index (χ3n) is 2.25. The van der Waals surface area contributed by atoms with Crippen LogP contribution in [0.2, 0.25) is 0 Å². The zero-order valence-corrected chi connectivity index (χ0v) is 8.27. The first-order valence-corrected chi connectivity index (χ1v) is 4.68. The standard InChI is InChI=1S/C10H10FN3O2/c11-5-1-9-8(13-4-5)3-6(14-9)2-7(12)10(15)16/h1,3-4,7,14H,2,12H2,(H,15,16). The van der Waals surface area contributed by atoms with Gasteiger partial charge < -0.3 is 15.8 Å². The number of hydrogen-bond acceptors (Lipinski definition) is 3. The van der Waals surface area contributed by atoms with Gasteiger partial charge in [0.05, 0.1) is 17.2 Å². The first-order chi connectivity index (χ1) is 7.56. The molecule has 0 bridgehead atoms. The molecule has 84 valence electrons. The van der Waals surface area contributed by atoms with E-state index in [-0.39, 0.29) is 6.42 Å². The summed E-state index contributed by atoms with van der Waals surface area (Å²) in [7, 11) is 0. The molecule has 6 heteroatoms. The van der Waals surface area contributed by atoms with Crippen molar-refractivity contribution in [2.24, 2.45) is 5.73 Å². The fourth-order valence-corrected chi connectivity index (χ4v) is 1.47. The summed E-state index contributed by atoms with van der Waals surface area (Å²) in [5.41, 5.74) is 7.14. The Kier molecular flexibility index (Phi) is 2.57. The summed E-state index contributed by atoms with van der Waals surface area (Å²) in [5.74, 6) is -1.51. The first kappa shape index (κ1) is 10.6. The molecule has 0 amide bonds.